The van der Waals surface area contributed by atoms with E-state index in [1.165, 1.54) is 25.9 Å². The third-order valence-corrected chi connectivity index (χ3v) is 3.42. The molecule has 0 radical (unpaired) electrons. The second kappa shape index (κ2) is 5.31. The molecule has 0 unspecified atom stereocenters. The van der Waals surface area contributed by atoms with Gasteiger partial charge in [0.2, 0.25) is 5.95 Å². The van der Waals surface area contributed by atoms with Crippen LogP contribution >= 0.6 is 0 Å². The summed E-state index contributed by atoms with van der Waals surface area (Å²) in [5, 5.41) is 0. The van der Waals surface area contributed by atoms with Crippen molar-refractivity contribution >= 4 is 11.8 Å². The van der Waals surface area contributed by atoms with Crippen LogP contribution in [0.4, 0.5) is 11.8 Å². The molecule has 94 valence electrons. The Bertz CT molecular complexity index is 360. The summed E-state index contributed by atoms with van der Waals surface area (Å²) in [6.45, 7) is 3.44. The smallest absolute Gasteiger partial charge is 0.221 e. The lowest BCUT2D eigenvalue weighted by atomic mass is 9.97. The van der Waals surface area contributed by atoms with E-state index in [2.05, 4.69) is 33.9 Å². The molecule has 1 aromatic rings. The summed E-state index contributed by atoms with van der Waals surface area (Å²) in [5.74, 6) is 2.02. The Morgan fingerprint density at radius 1 is 1.47 bits per heavy atom. The summed E-state index contributed by atoms with van der Waals surface area (Å²) in [6.07, 6.45) is 4.24. The zero-order chi connectivity index (χ0) is 12.3. The van der Waals surface area contributed by atoms with Crippen molar-refractivity contribution in [1.29, 1.82) is 0 Å². The highest BCUT2D eigenvalue weighted by molar-refractivity contribution is 5.39. The SMILES string of the molecule is CN1CCC(CN(C)c2ccnc(N)n2)CC1. The van der Waals surface area contributed by atoms with Crippen LogP contribution in [0, 0.1) is 5.92 Å². The molecule has 2 heterocycles. The molecule has 0 aliphatic carbocycles. The van der Waals surface area contributed by atoms with Gasteiger partial charge in [0.1, 0.15) is 5.82 Å². The van der Waals surface area contributed by atoms with Gasteiger partial charge in [-0.25, -0.2) is 4.98 Å². The van der Waals surface area contributed by atoms with Crippen molar-refractivity contribution < 1.29 is 0 Å². The van der Waals surface area contributed by atoms with Crippen molar-refractivity contribution in [3.8, 4) is 0 Å². The van der Waals surface area contributed by atoms with Gasteiger partial charge in [-0.05, 0) is 45.0 Å². The summed E-state index contributed by atoms with van der Waals surface area (Å²) >= 11 is 0. The van der Waals surface area contributed by atoms with E-state index in [9.17, 15) is 0 Å². The summed E-state index contributed by atoms with van der Waals surface area (Å²) in [4.78, 5) is 12.7. The number of rotatable bonds is 3. The van der Waals surface area contributed by atoms with Crippen LogP contribution in [-0.4, -0.2) is 48.6 Å². The second-order valence-corrected chi connectivity index (χ2v) is 4.90. The van der Waals surface area contributed by atoms with Gasteiger partial charge in [0, 0.05) is 19.8 Å². The molecule has 2 rings (SSSR count). The largest absolute Gasteiger partial charge is 0.368 e. The van der Waals surface area contributed by atoms with Gasteiger partial charge in [0.05, 0.1) is 0 Å². The van der Waals surface area contributed by atoms with Gasteiger partial charge < -0.3 is 15.5 Å². The van der Waals surface area contributed by atoms with Gasteiger partial charge >= 0.3 is 0 Å². The molecule has 17 heavy (non-hydrogen) atoms. The number of anilines is 2. The number of likely N-dealkylation sites (tertiary alicyclic amines) is 1. The fourth-order valence-corrected chi connectivity index (χ4v) is 2.30. The second-order valence-electron chi connectivity index (χ2n) is 4.90. The van der Waals surface area contributed by atoms with Gasteiger partial charge in [-0.2, -0.15) is 4.98 Å². The predicted molar refractivity (Wildman–Crippen MR) is 69.9 cm³/mol. The molecule has 0 aromatic carbocycles. The summed E-state index contributed by atoms with van der Waals surface area (Å²) in [6, 6.07) is 1.91. The Balaban J connectivity index is 1.90. The lowest BCUT2D eigenvalue weighted by Crippen LogP contribution is -2.36. The van der Waals surface area contributed by atoms with Crippen molar-refractivity contribution in [1.82, 2.24) is 14.9 Å². The maximum absolute atomic E-state index is 5.59. The average Bonchev–Trinajstić information content (AvgIpc) is 2.32. The van der Waals surface area contributed by atoms with Crippen LogP contribution in [0.3, 0.4) is 0 Å². The van der Waals surface area contributed by atoms with Crippen molar-refractivity contribution in [2.75, 3.05) is 44.4 Å². The zero-order valence-electron chi connectivity index (χ0n) is 10.6. The van der Waals surface area contributed by atoms with Gasteiger partial charge in [-0.15, -0.1) is 0 Å². The summed E-state index contributed by atoms with van der Waals surface area (Å²) < 4.78 is 0. The van der Waals surface area contributed by atoms with Crippen LogP contribution in [0.25, 0.3) is 0 Å². The minimum atomic E-state index is 0.345. The molecule has 1 fully saturated rings. The van der Waals surface area contributed by atoms with E-state index >= 15 is 0 Å². The molecule has 1 saturated heterocycles. The van der Waals surface area contributed by atoms with E-state index in [1.807, 2.05) is 6.07 Å². The lowest BCUT2D eigenvalue weighted by Gasteiger charge is -2.32. The van der Waals surface area contributed by atoms with Crippen molar-refractivity contribution in [2.24, 2.45) is 5.92 Å². The molecule has 1 aliphatic heterocycles. The fraction of sp³-hybridized carbons (Fsp3) is 0.667. The minimum absolute atomic E-state index is 0.345. The molecule has 0 atom stereocenters. The van der Waals surface area contributed by atoms with E-state index < -0.39 is 0 Å². The maximum Gasteiger partial charge on any atom is 0.221 e. The van der Waals surface area contributed by atoms with Crippen LogP contribution in [0.2, 0.25) is 0 Å². The Morgan fingerprint density at radius 2 is 2.18 bits per heavy atom. The van der Waals surface area contributed by atoms with Crippen LogP contribution in [0.1, 0.15) is 12.8 Å². The number of nitrogens with two attached hydrogens (primary N) is 1. The van der Waals surface area contributed by atoms with Gasteiger partial charge in [0.15, 0.2) is 0 Å². The van der Waals surface area contributed by atoms with Gasteiger partial charge in [-0.1, -0.05) is 0 Å². The molecular weight excluding hydrogens is 214 g/mol. The first-order valence-electron chi connectivity index (χ1n) is 6.13. The van der Waals surface area contributed by atoms with Crippen LogP contribution in [0.5, 0.6) is 0 Å². The van der Waals surface area contributed by atoms with E-state index in [0.29, 0.717) is 5.95 Å². The maximum atomic E-state index is 5.59. The Morgan fingerprint density at radius 3 is 2.82 bits per heavy atom. The molecule has 1 aliphatic rings. The number of hydrogen-bond donors (Lipinski definition) is 1. The quantitative estimate of drug-likeness (QED) is 0.841. The van der Waals surface area contributed by atoms with Crippen LogP contribution < -0.4 is 10.6 Å². The highest BCUT2D eigenvalue weighted by Crippen LogP contribution is 2.19. The standard InChI is InChI=1S/C12H21N5/c1-16-7-4-10(5-8-16)9-17(2)11-3-6-14-12(13)15-11/h3,6,10H,4-5,7-9H2,1-2H3,(H2,13,14,15). The Hall–Kier alpha value is -1.36. The minimum Gasteiger partial charge on any atom is -0.368 e. The lowest BCUT2D eigenvalue weighted by molar-refractivity contribution is 0.222. The molecule has 5 heteroatoms. The average molecular weight is 235 g/mol. The number of aromatic nitrogens is 2. The van der Waals surface area contributed by atoms with E-state index in [0.717, 1.165) is 18.3 Å². The molecule has 0 amide bonds. The van der Waals surface area contributed by atoms with Crippen molar-refractivity contribution in [2.45, 2.75) is 12.8 Å². The van der Waals surface area contributed by atoms with E-state index in [4.69, 9.17) is 5.73 Å². The van der Waals surface area contributed by atoms with Gasteiger partial charge in [0.25, 0.3) is 0 Å². The number of nitrogen functional groups attached to an aromatic ring is 1. The molecule has 5 nitrogen and oxygen atoms in total. The van der Waals surface area contributed by atoms with E-state index in [1.54, 1.807) is 6.20 Å². The third kappa shape index (κ3) is 3.30. The van der Waals surface area contributed by atoms with Crippen LogP contribution in [-0.2, 0) is 0 Å². The first-order valence-corrected chi connectivity index (χ1v) is 6.13. The first-order chi connectivity index (χ1) is 8.15. The highest BCUT2D eigenvalue weighted by Gasteiger charge is 2.18. The third-order valence-electron chi connectivity index (χ3n) is 3.42. The van der Waals surface area contributed by atoms with Crippen molar-refractivity contribution in [3.63, 3.8) is 0 Å². The van der Waals surface area contributed by atoms with Crippen molar-refractivity contribution in [3.05, 3.63) is 12.3 Å². The predicted octanol–water partition coefficient (Wildman–Crippen LogP) is 0.837. The highest BCUT2D eigenvalue weighted by atomic mass is 15.2. The summed E-state index contributed by atoms with van der Waals surface area (Å²) in [7, 11) is 4.26. The zero-order valence-corrected chi connectivity index (χ0v) is 10.6. The van der Waals surface area contributed by atoms with E-state index in [-0.39, 0.29) is 0 Å². The fourth-order valence-electron chi connectivity index (χ4n) is 2.30. The number of nitrogens with zero attached hydrogens (tertiary/aromatic N) is 4. The first kappa shape index (κ1) is 12.1. The number of piperidine rings is 1. The molecule has 0 saturated carbocycles. The monoisotopic (exact) mass is 235 g/mol. The van der Waals surface area contributed by atoms with Crippen LogP contribution in [0.15, 0.2) is 12.3 Å². The topological polar surface area (TPSA) is 58.3 Å². The molecule has 0 bridgehead atoms. The number of hydrogen-bond acceptors (Lipinski definition) is 5. The van der Waals surface area contributed by atoms with Gasteiger partial charge in [-0.3, -0.25) is 0 Å². The molecule has 0 spiro atoms. The normalized spacial score (nSPS) is 18.2. The Labute approximate surface area is 103 Å². The molecular formula is C12H21N5. The molecule has 2 N–H and O–H groups in total. The Kier molecular flexibility index (Phi) is 3.78. The summed E-state index contributed by atoms with van der Waals surface area (Å²) in [5.41, 5.74) is 5.59. The molecule has 1 aromatic heterocycles.